The molecule has 1 aromatic heterocycles. The van der Waals surface area contributed by atoms with Crippen molar-refractivity contribution in [1.29, 1.82) is 0 Å². The molecule has 26 heavy (non-hydrogen) atoms. The molecule has 2 heterocycles. The first-order valence-electron chi connectivity index (χ1n) is 8.29. The summed E-state index contributed by atoms with van der Waals surface area (Å²) in [6, 6.07) is 8.39. The summed E-state index contributed by atoms with van der Waals surface area (Å²) in [6.07, 6.45) is 1.63. The van der Waals surface area contributed by atoms with Gasteiger partial charge in [0.25, 0.3) is 5.91 Å². The molecule has 7 heteroatoms. The van der Waals surface area contributed by atoms with Crippen LogP contribution in [0.15, 0.2) is 45.8 Å². The molecule has 3 rings (SSSR count). The van der Waals surface area contributed by atoms with Gasteiger partial charge in [-0.2, -0.15) is 0 Å². The Hall–Kier alpha value is -3.09. The second kappa shape index (κ2) is 7.43. The van der Waals surface area contributed by atoms with E-state index in [2.05, 4.69) is 5.32 Å². The summed E-state index contributed by atoms with van der Waals surface area (Å²) in [6.45, 7) is 1.62. The molecular formula is C19H20N2O5. The Morgan fingerprint density at radius 3 is 2.73 bits per heavy atom. The first-order chi connectivity index (χ1) is 12.5. The van der Waals surface area contributed by atoms with E-state index in [1.807, 2.05) is 24.3 Å². The van der Waals surface area contributed by atoms with Crippen LogP contribution in [-0.4, -0.2) is 36.4 Å². The smallest absolute Gasteiger partial charge is 0.261 e. The zero-order valence-corrected chi connectivity index (χ0v) is 14.7. The lowest BCUT2D eigenvalue weighted by molar-refractivity contribution is -0.143. The number of ether oxygens (including phenoxy) is 1. The molecule has 7 nitrogen and oxygen atoms in total. The lowest BCUT2D eigenvalue weighted by Gasteiger charge is -2.35. The molecule has 1 aliphatic heterocycles. The monoisotopic (exact) mass is 356 g/mol. The molecule has 0 saturated heterocycles. The van der Waals surface area contributed by atoms with Crippen LogP contribution in [0.3, 0.4) is 0 Å². The highest BCUT2D eigenvalue weighted by Crippen LogP contribution is 2.23. The molecule has 0 bridgehead atoms. The van der Waals surface area contributed by atoms with Crippen LogP contribution in [0.5, 0.6) is 5.75 Å². The summed E-state index contributed by atoms with van der Waals surface area (Å²) >= 11 is 0. The molecule has 0 saturated carbocycles. The van der Waals surface area contributed by atoms with Crippen molar-refractivity contribution in [1.82, 2.24) is 10.2 Å². The second-order valence-corrected chi connectivity index (χ2v) is 6.13. The Bertz CT molecular complexity index is 889. The van der Waals surface area contributed by atoms with Crippen molar-refractivity contribution in [3.8, 4) is 5.75 Å². The van der Waals surface area contributed by atoms with Crippen molar-refractivity contribution in [2.24, 2.45) is 0 Å². The van der Waals surface area contributed by atoms with Gasteiger partial charge in [0.1, 0.15) is 18.1 Å². The lowest BCUT2D eigenvalue weighted by atomic mass is 9.93. The Labute approximate surface area is 150 Å². The zero-order valence-electron chi connectivity index (χ0n) is 14.7. The van der Waals surface area contributed by atoms with Crippen LogP contribution >= 0.6 is 0 Å². The lowest BCUT2D eigenvalue weighted by Crippen LogP contribution is -2.53. The van der Waals surface area contributed by atoms with E-state index in [4.69, 9.17) is 9.15 Å². The number of carbonyl (C=O) groups excluding carboxylic acids is 2. The van der Waals surface area contributed by atoms with Gasteiger partial charge in [-0.05, 0) is 18.1 Å². The average molecular weight is 356 g/mol. The van der Waals surface area contributed by atoms with Gasteiger partial charge >= 0.3 is 0 Å². The highest BCUT2D eigenvalue weighted by atomic mass is 16.5. The number of rotatable bonds is 4. The molecule has 2 aromatic rings. The number of carbonyl (C=O) groups is 2. The number of nitrogens with zero attached hydrogens (tertiary/aromatic N) is 1. The van der Waals surface area contributed by atoms with Crippen molar-refractivity contribution < 1.29 is 18.7 Å². The van der Waals surface area contributed by atoms with Crippen LogP contribution in [-0.2, 0) is 22.6 Å². The predicted molar refractivity (Wildman–Crippen MR) is 93.8 cm³/mol. The van der Waals surface area contributed by atoms with Crippen LogP contribution in [0.1, 0.15) is 16.9 Å². The third kappa shape index (κ3) is 3.61. The number of aryl methyl sites for hydroxylation is 1. The summed E-state index contributed by atoms with van der Waals surface area (Å²) < 4.78 is 10.5. The van der Waals surface area contributed by atoms with Crippen molar-refractivity contribution in [2.45, 2.75) is 25.9 Å². The molecule has 0 unspecified atom stereocenters. The molecule has 2 amide bonds. The number of benzene rings is 1. The largest absolute Gasteiger partial charge is 0.477 e. The van der Waals surface area contributed by atoms with E-state index < -0.39 is 6.04 Å². The number of fused-ring (bicyclic) bond motifs is 1. The quantitative estimate of drug-likeness (QED) is 0.884. The molecule has 0 radical (unpaired) electrons. The second-order valence-electron chi connectivity index (χ2n) is 6.13. The molecule has 0 aliphatic carbocycles. The van der Waals surface area contributed by atoms with E-state index in [0.717, 1.165) is 11.1 Å². The van der Waals surface area contributed by atoms with Gasteiger partial charge in [0, 0.05) is 26.1 Å². The fraction of sp³-hybridized carbons (Fsp3) is 0.316. The van der Waals surface area contributed by atoms with Gasteiger partial charge in [0.2, 0.25) is 17.1 Å². The van der Waals surface area contributed by atoms with E-state index in [1.165, 1.54) is 17.2 Å². The minimum Gasteiger partial charge on any atom is -0.477 e. The van der Waals surface area contributed by atoms with Gasteiger partial charge in [0.15, 0.2) is 6.61 Å². The van der Waals surface area contributed by atoms with Crippen LogP contribution in [0, 0.1) is 6.92 Å². The van der Waals surface area contributed by atoms with Crippen molar-refractivity contribution >= 4 is 11.8 Å². The van der Waals surface area contributed by atoms with Crippen LogP contribution in [0.25, 0.3) is 0 Å². The third-order valence-electron chi connectivity index (χ3n) is 4.40. The fourth-order valence-corrected chi connectivity index (χ4v) is 3.01. The van der Waals surface area contributed by atoms with Crippen LogP contribution in [0.4, 0.5) is 0 Å². The molecule has 1 atom stereocenters. The third-order valence-corrected chi connectivity index (χ3v) is 4.40. The van der Waals surface area contributed by atoms with Gasteiger partial charge in [-0.3, -0.25) is 14.4 Å². The van der Waals surface area contributed by atoms with Crippen LogP contribution in [0.2, 0.25) is 0 Å². The maximum absolute atomic E-state index is 12.7. The van der Waals surface area contributed by atoms with Gasteiger partial charge in [-0.25, -0.2) is 0 Å². The van der Waals surface area contributed by atoms with E-state index in [0.29, 0.717) is 18.7 Å². The fourth-order valence-electron chi connectivity index (χ4n) is 3.01. The molecule has 136 valence electrons. The van der Waals surface area contributed by atoms with Crippen molar-refractivity contribution in [2.75, 3.05) is 13.7 Å². The Morgan fingerprint density at radius 1 is 1.31 bits per heavy atom. The summed E-state index contributed by atoms with van der Waals surface area (Å²) in [5.74, 6) is -0.172. The number of amides is 2. The average Bonchev–Trinajstić information content (AvgIpc) is 2.65. The molecular weight excluding hydrogens is 336 g/mol. The van der Waals surface area contributed by atoms with Gasteiger partial charge in [-0.15, -0.1) is 0 Å². The van der Waals surface area contributed by atoms with Crippen molar-refractivity contribution in [3.63, 3.8) is 0 Å². The number of hydrogen-bond acceptors (Lipinski definition) is 5. The van der Waals surface area contributed by atoms with Gasteiger partial charge < -0.3 is 19.4 Å². The number of hydrogen-bond donors (Lipinski definition) is 1. The predicted octanol–water partition coefficient (Wildman–Crippen LogP) is 1.03. The van der Waals surface area contributed by atoms with Gasteiger partial charge in [0.05, 0.1) is 0 Å². The molecule has 0 fully saturated rings. The molecule has 1 aromatic carbocycles. The number of likely N-dealkylation sites (N-methyl/N-ethyl adjacent to an activating group) is 1. The topological polar surface area (TPSA) is 88.8 Å². The minimum atomic E-state index is -0.611. The summed E-state index contributed by atoms with van der Waals surface area (Å²) in [7, 11) is 1.54. The van der Waals surface area contributed by atoms with E-state index >= 15 is 0 Å². The summed E-state index contributed by atoms with van der Waals surface area (Å²) in [5, 5.41) is 2.60. The molecule has 0 spiro atoms. The normalized spacial score (nSPS) is 15.9. The maximum Gasteiger partial charge on any atom is 0.261 e. The maximum atomic E-state index is 12.7. The standard InChI is InChI=1S/C19H20N2O5/c1-12-7-16(22)17(10-25-12)26-11-18(23)21-9-14-6-4-3-5-13(14)8-15(21)19(24)20-2/h3-7,10,15H,8-9,11H2,1-2H3,(H,20,24)/t15-/m1/s1. The van der Waals surface area contributed by atoms with Crippen molar-refractivity contribution in [3.05, 3.63) is 63.7 Å². The van der Waals surface area contributed by atoms with Crippen LogP contribution < -0.4 is 15.5 Å². The Morgan fingerprint density at radius 2 is 2.04 bits per heavy atom. The first kappa shape index (κ1) is 17.7. The van der Waals surface area contributed by atoms with E-state index in [1.54, 1.807) is 14.0 Å². The zero-order chi connectivity index (χ0) is 18.7. The van der Waals surface area contributed by atoms with E-state index in [9.17, 15) is 14.4 Å². The first-order valence-corrected chi connectivity index (χ1v) is 8.29. The summed E-state index contributed by atoms with van der Waals surface area (Å²) in [5.41, 5.74) is 1.69. The van der Waals surface area contributed by atoms with Gasteiger partial charge in [-0.1, -0.05) is 24.3 Å². The Balaban J connectivity index is 1.77. The Kier molecular flexibility index (Phi) is 5.06. The highest BCUT2D eigenvalue weighted by molar-refractivity contribution is 5.88. The molecule has 1 aliphatic rings. The van der Waals surface area contributed by atoms with E-state index in [-0.39, 0.29) is 29.6 Å². The summed E-state index contributed by atoms with van der Waals surface area (Å²) in [4.78, 5) is 38.2. The SMILES string of the molecule is CNC(=O)[C@H]1Cc2ccccc2CN1C(=O)COc1coc(C)cc1=O. The molecule has 1 N–H and O–H groups in total. The minimum absolute atomic E-state index is 0.0298. The number of nitrogens with one attached hydrogen (secondary N) is 1. The highest BCUT2D eigenvalue weighted by Gasteiger charge is 2.34.